The van der Waals surface area contributed by atoms with Crippen LogP contribution in [0.4, 0.5) is 5.82 Å². The standard InChI is InChI=1S/C13H22N4O3/c1-4-10-5-9(6-12(16-10)17-14)13(18)15-7-11(20-3)8-19-2/h5-6,11H,4,7-8,14H2,1-3H3,(H,15,18)(H,16,17). The Morgan fingerprint density at radius 1 is 1.45 bits per heavy atom. The fourth-order valence-corrected chi connectivity index (χ4v) is 1.68. The number of aryl methyl sites for hydroxylation is 1. The van der Waals surface area contributed by atoms with Crippen LogP contribution in [-0.4, -0.2) is 44.4 Å². The van der Waals surface area contributed by atoms with E-state index in [1.807, 2.05) is 6.92 Å². The van der Waals surface area contributed by atoms with Gasteiger partial charge in [0.2, 0.25) is 0 Å². The van der Waals surface area contributed by atoms with Crippen LogP contribution in [0.2, 0.25) is 0 Å². The van der Waals surface area contributed by atoms with Crippen LogP contribution in [0, 0.1) is 0 Å². The lowest BCUT2D eigenvalue weighted by Crippen LogP contribution is -2.35. The van der Waals surface area contributed by atoms with Gasteiger partial charge in [0.05, 0.1) is 12.7 Å². The van der Waals surface area contributed by atoms with Gasteiger partial charge in [-0.05, 0) is 18.6 Å². The van der Waals surface area contributed by atoms with Crippen molar-refractivity contribution in [3.05, 3.63) is 23.4 Å². The number of pyridine rings is 1. The third-order valence-corrected chi connectivity index (χ3v) is 2.83. The monoisotopic (exact) mass is 282 g/mol. The summed E-state index contributed by atoms with van der Waals surface area (Å²) in [5.41, 5.74) is 3.77. The van der Waals surface area contributed by atoms with Gasteiger partial charge in [0.25, 0.3) is 5.91 Å². The summed E-state index contributed by atoms with van der Waals surface area (Å²) in [5.74, 6) is 5.61. The molecule has 1 aromatic rings. The quantitative estimate of drug-likeness (QED) is 0.469. The Morgan fingerprint density at radius 3 is 2.75 bits per heavy atom. The van der Waals surface area contributed by atoms with E-state index in [-0.39, 0.29) is 12.0 Å². The molecular weight excluding hydrogens is 260 g/mol. The number of carbonyl (C=O) groups is 1. The Morgan fingerprint density at radius 2 is 2.20 bits per heavy atom. The molecule has 1 atom stereocenters. The number of nitrogens with one attached hydrogen (secondary N) is 2. The van der Waals surface area contributed by atoms with E-state index in [0.29, 0.717) is 24.5 Å². The van der Waals surface area contributed by atoms with Gasteiger partial charge in [-0.15, -0.1) is 0 Å². The van der Waals surface area contributed by atoms with Crippen LogP contribution in [-0.2, 0) is 15.9 Å². The zero-order valence-corrected chi connectivity index (χ0v) is 12.1. The maximum atomic E-state index is 12.1. The number of amides is 1. The van der Waals surface area contributed by atoms with Crippen molar-refractivity contribution in [1.82, 2.24) is 10.3 Å². The Hall–Kier alpha value is -1.70. The van der Waals surface area contributed by atoms with Gasteiger partial charge < -0.3 is 20.2 Å². The molecule has 20 heavy (non-hydrogen) atoms. The van der Waals surface area contributed by atoms with Gasteiger partial charge in [-0.2, -0.15) is 0 Å². The van der Waals surface area contributed by atoms with E-state index in [1.165, 1.54) is 0 Å². The maximum Gasteiger partial charge on any atom is 0.251 e. The Labute approximate surface area is 118 Å². The third kappa shape index (κ3) is 4.76. The smallest absolute Gasteiger partial charge is 0.251 e. The minimum absolute atomic E-state index is 0.177. The van der Waals surface area contributed by atoms with Crippen molar-refractivity contribution in [2.75, 3.05) is 32.8 Å². The average molecular weight is 282 g/mol. The van der Waals surface area contributed by atoms with E-state index >= 15 is 0 Å². The first-order valence-corrected chi connectivity index (χ1v) is 6.42. The zero-order chi connectivity index (χ0) is 15.0. The predicted octanol–water partition coefficient (Wildman–Crippen LogP) is 0.321. The van der Waals surface area contributed by atoms with Crippen LogP contribution in [0.5, 0.6) is 0 Å². The number of nitrogen functional groups attached to an aromatic ring is 1. The van der Waals surface area contributed by atoms with Gasteiger partial charge in [-0.1, -0.05) is 6.92 Å². The number of aromatic nitrogens is 1. The molecular formula is C13H22N4O3. The van der Waals surface area contributed by atoms with Gasteiger partial charge in [0.15, 0.2) is 0 Å². The van der Waals surface area contributed by atoms with Crippen molar-refractivity contribution < 1.29 is 14.3 Å². The number of hydrazine groups is 1. The lowest BCUT2D eigenvalue weighted by molar-refractivity contribution is 0.0285. The number of rotatable bonds is 8. The molecule has 4 N–H and O–H groups in total. The molecule has 0 bridgehead atoms. The largest absolute Gasteiger partial charge is 0.382 e. The zero-order valence-electron chi connectivity index (χ0n) is 12.1. The summed E-state index contributed by atoms with van der Waals surface area (Å²) in [4.78, 5) is 16.3. The SMILES string of the molecule is CCc1cc(C(=O)NCC(COC)OC)cc(NN)n1. The highest BCUT2D eigenvalue weighted by Gasteiger charge is 2.12. The fourth-order valence-electron chi connectivity index (χ4n) is 1.68. The molecule has 1 amide bonds. The highest BCUT2D eigenvalue weighted by atomic mass is 16.5. The second kappa shape index (κ2) is 8.47. The van der Waals surface area contributed by atoms with Crippen molar-refractivity contribution in [3.8, 4) is 0 Å². The molecule has 1 aromatic heterocycles. The molecule has 0 fully saturated rings. The van der Waals surface area contributed by atoms with Crippen LogP contribution in [0.1, 0.15) is 23.0 Å². The van der Waals surface area contributed by atoms with E-state index in [9.17, 15) is 4.79 Å². The van der Waals surface area contributed by atoms with E-state index < -0.39 is 0 Å². The first-order chi connectivity index (χ1) is 9.64. The van der Waals surface area contributed by atoms with E-state index in [4.69, 9.17) is 15.3 Å². The van der Waals surface area contributed by atoms with Gasteiger partial charge in [-0.25, -0.2) is 10.8 Å². The third-order valence-electron chi connectivity index (χ3n) is 2.83. The Kier molecular flexibility index (Phi) is 6.92. The van der Waals surface area contributed by atoms with Crippen LogP contribution >= 0.6 is 0 Å². The highest BCUT2D eigenvalue weighted by Crippen LogP contribution is 2.10. The van der Waals surface area contributed by atoms with E-state index in [1.54, 1.807) is 26.4 Å². The molecule has 0 saturated heterocycles. The molecule has 0 aliphatic rings. The molecule has 0 saturated carbocycles. The maximum absolute atomic E-state index is 12.1. The number of methoxy groups -OCH3 is 2. The molecule has 1 unspecified atom stereocenters. The summed E-state index contributed by atoms with van der Waals surface area (Å²) in [6.45, 7) is 2.76. The normalized spacial score (nSPS) is 12.0. The summed E-state index contributed by atoms with van der Waals surface area (Å²) < 4.78 is 10.2. The van der Waals surface area contributed by atoms with Crippen LogP contribution in [0.25, 0.3) is 0 Å². The van der Waals surface area contributed by atoms with Gasteiger partial charge >= 0.3 is 0 Å². The lowest BCUT2D eigenvalue weighted by atomic mass is 10.2. The summed E-state index contributed by atoms with van der Waals surface area (Å²) in [5, 5.41) is 2.80. The average Bonchev–Trinajstić information content (AvgIpc) is 2.50. The second-order valence-electron chi connectivity index (χ2n) is 4.25. The number of hydrogen-bond acceptors (Lipinski definition) is 6. The van der Waals surface area contributed by atoms with Crippen molar-refractivity contribution in [2.45, 2.75) is 19.4 Å². The number of ether oxygens (including phenoxy) is 2. The molecule has 7 heteroatoms. The van der Waals surface area contributed by atoms with Gasteiger partial charge in [0.1, 0.15) is 5.82 Å². The Balaban J connectivity index is 2.71. The van der Waals surface area contributed by atoms with Crippen LogP contribution in [0.15, 0.2) is 12.1 Å². The predicted molar refractivity (Wildman–Crippen MR) is 76.4 cm³/mol. The van der Waals surface area contributed by atoms with Crippen molar-refractivity contribution >= 4 is 11.7 Å². The summed E-state index contributed by atoms with van der Waals surface area (Å²) in [7, 11) is 3.16. The molecule has 0 aliphatic heterocycles. The minimum Gasteiger partial charge on any atom is -0.382 e. The van der Waals surface area contributed by atoms with E-state index in [2.05, 4.69) is 15.7 Å². The molecule has 112 valence electrons. The number of carbonyl (C=O) groups excluding carboxylic acids is 1. The first-order valence-electron chi connectivity index (χ1n) is 6.42. The highest BCUT2D eigenvalue weighted by molar-refractivity contribution is 5.95. The minimum atomic E-state index is -0.197. The van der Waals surface area contributed by atoms with Gasteiger partial charge in [0, 0.05) is 32.0 Å². The molecule has 0 spiro atoms. The number of nitrogens with zero attached hydrogens (tertiary/aromatic N) is 1. The van der Waals surface area contributed by atoms with Crippen molar-refractivity contribution in [3.63, 3.8) is 0 Å². The summed E-state index contributed by atoms with van der Waals surface area (Å²) >= 11 is 0. The van der Waals surface area contributed by atoms with E-state index in [0.717, 1.165) is 12.1 Å². The molecule has 1 rings (SSSR count). The fraction of sp³-hybridized carbons (Fsp3) is 0.538. The lowest BCUT2D eigenvalue weighted by Gasteiger charge is -2.15. The summed E-state index contributed by atoms with van der Waals surface area (Å²) in [6, 6.07) is 3.35. The second-order valence-corrected chi connectivity index (χ2v) is 4.25. The topological polar surface area (TPSA) is 98.5 Å². The molecule has 0 aromatic carbocycles. The number of hydrogen-bond donors (Lipinski definition) is 3. The molecule has 7 nitrogen and oxygen atoms in total. The number of anilines is 1. The molecule has 0 radical (unpaired) electrons. The van der Waals surface area contributed by atoms with Crippen LogP contribution < -0.4 is 16.6 Å². The Bertz CT molecular complexity index is 417. The summed E-state index contributed by atoms with van der Waals surface area (Å²) in [6.07, 6.45) is 0.545. The van der Waals surface area contributed by atoms with Crippen molar-refractivity contribution in [1.29, 1.82) is 0 Å². The molecule has 1 heterocycles. The number of nitrogens with two attached hydrogens (primary N) is 1. The van der Waals surface area contributed by atoms with Crippen LogP contribution in [0.3, 0.4) is 0 Å². The molecule has 0 aliphatic carbocycles. The van der Waals surface area contributed by atoms with Crippen molar-refractivity contribution in [2.24, 2.45) is 5.84 Å². The van der Waals surface area contributed by atoms with Gasteiger partial charge in [-0.3, -0.25) is 4.79 Å². The first kappa shape index (κ1) is 16.4.